The summed E-state index contributed by atoms with van der Waals surface area (Å²) in [5, 5.41) is 3.39. The first-order chi connectivity index (χ1) is 10.0. The van der Waals surface area contributed by atoms with E-state index < -0.39 is 0 Å². The van der Waals surface area contributed by atoms with Gasteiger partial charge in [0, 0.05) is 13.1 Å². The van der Waals surface area contributed by atoms with Gasteiger partial charge in [-0.3, -0.25) is 4.79 Å². The number of hydrogen-bond donors (Lipinski definition) is 1. The van der Waals surface area contributed by atoms with Crippen LogP contribution >= 0.6 is 0 Å². The normalized spacial score (nSPS) is 19.2. The second-order valence-corrected chi connectivity index (χ2v) is 6.64. The van der Waals surface area contributed by atoms with Crippen LogP contribution in [0, 0.1) is 0 Å². The van der Waals surface area contributed by atoms with Crippen LogP contribution in [0.4, 0.5) is 0 Å². The maximum absolute atomic E-state index is 12.7. The van der Waals surface area contributed by atoms with Gasteiger partial charge >= 0.3 is 0 Å². The second-order valence-electron chi connectivity index (χ2n) is 6.64. The fourth-order valence-electron chi connectivity index (χ4n) is 2.77. The summed E-state index contributed by atoms with van der Waals surface area (Å²) in [6.07, 6.45) is 5.47. The van der Waals surface area contributed by atoms with Crippen molar-refractivity contribution in [2.75, 3.05) is 60.9 Å². The average molecular weight is 298 g/mol. The van der Waals surface area contributed by atoms with Gasteiger partial charge in [0.15, 0.2) is 0 Å². The van der Waals surface area contributed by atoms with Gasteiger partial charge in [0.25, 0.3) is 0 Å². The number of rotatable bonds is 9. The quantitative estimate of drug-likeness (QED) is 0.685. The van der Waals surface area contributed by atoms with Crippen LogP contribution in [0.25, 0.3) is 0 Å². The average Bonchev–Trinajstić information content (AvgIpc) is 2.45. The summed E-state index contributed by atoms with van der Waals surface area (Å²) in [7, 11) is 8.34. The molecule has 1 rings (SSSR count). The van der Waals surface area contributed by atoms with E-state index in [0.717, 1.165) is 52.0 Å². The van der Waals surface area contributed by atoms with Gasteiger partial charge in [-0.15, -0.1) is 0 Å². The molecule has 5 heteroatoms. The van der Waals surface area contributed by atoms with Crippen molar-refractivity contribution in [3.63, 3.8) is 0 Å². The van der Waals surface area contributed by atoms with Gasteiger partial charge in [0.05, 0.1) is 6.04 Å². The van der Waals surface area contributed by atoms with Crippen molar-refractivity contribution in [1.82, 2.24) is 20.0 Å². The standard InChI is InChI=1S/C16H34N4O/c1-18(2)11-7-13-20(14-8-12-19(3)4)16(21)15-9-5-6-10-17-15/h15,17H,5-14H2,1-4H3. The zero-order chi connectivity index (χ0) is 15.7. The molecule has 1 atom stereocenters. The Labute approximate surface area is 130 Å². The van der Waals surface area contributed by atoms with Crippen LogP contribution in [-0.4, -0.2) is 87.6 Å². The largest absolute Gasteiger partial charge is 0.341 e. The van der Waals surface area contributed by atoms with Crippen LogP contribution in [0.1, 0.15) is 32.1 Å². The lowest BCUT2D eigenvalue weighted by Gasteiger charge is -2.30. The lowest BCUT2D eigenvalue weighted by Crippen LogP contribution is -2.49. The lowest BCUT2D eigenvalue weighted by atomic mass is 10.0. The molecule has 0 saturated carbocycles. The molecule has 1 amide bonds. The molecule has 0 aliphatic carbocycles. The van der Waals surface area contributed by atoms with E-state index in [2.05, 4.69) is 48.2 Å². The van der Waals surface area contributed by atoms with Crippen LogP contribution in [0.2, 0.25) is 0 Å². The third-order valence-corrected chi connectivity index (χ3v) is 3.99. The fourth-order valence-corrected chi connectivity index (χ4v) is 2.77. The molecule has 0 aromatic heterocycles. The van der Waals surface area contributed by atoms with E-state index in [4.69, 9.17) is 0 Å². The topological polar surface area (TPSA) is 38.8 Å². The van der Waals surface area contributed by atoms with E-state index >= 15 is 0 Å². The number of hydrogen-bond acceptors (Lipinski definition) is 4. The lowest BCUT2D eigenvalue weighted by molar-refractivity contribution is -0.134. The highest BCUT2D eigenvalue weighted by molar-refractivity contribution is 5.82. The molecular weight excluding hydrogens is 264 g/mol. The first kappa shape index (κ1) is 18.4. The number of nitrogens with zero attached hydrogens (tertiary/aromatic N) is 3. The number of carbonyl (C=O) groups is 1. The molecule has 124 valence electrons. The maximum Gasteiger partial charge on any atom is 0.239 e. The molecule has 21 heavy (non-hydrogen) atoms. The van der Waals surface area contributed by atoms with Crippen molar-refractivity contribution in [3.05, 3.63) is 0 Å². The molecule has 0 radical (unpaired) electrons. The Hall–Kier alpha value is -0.650. The van der Waals surface area contributed by atoms with E-state index in [9.17, 15) is 4.79 Å². The second kappa shape index (κ2) is 10.1. The molecule has 5 nitrogen and oxygen atoms in total. The molecular formula is C16H34N4O. The van der Waals surface area contributed by atoms with Gasteiger partial charge in [-0.05, 0) is 73.5 Å². The van der Waals surface area contributed by atoms with Crippen molar-refractivity contribution in [1.29, 1.82) is 0 Å². The van der Waals surface area contributed by atoms with Gasteiger partial charge < -0.3 is 20.0 Å². The Balaban J connectivity index is 2.45. The third-order valence-electron chi connectivity index (χ3n) is 3.99. The Morgan fingerprint density at radius 2 is 1.52 bits per heavy atom. The highest BCUT2D eigenvalue weighted by Crippen LogP contribution is 2.11. The molecule has 1 heterocycles. The predicted octanol–water partition coefficient (Wildman–Crippen LogP) is 0.861. The van der Waals surface area contributed by atoms with E-state index in [1.165, 1.54) is 12.8 Å². The minimum absolute atomic E-state index is 0.0532. The summed E-state index contributed by atoms with van der Waals surface area (Å²) in [6.45, 7) is 4.82. The molecule has 1 saturated heterocycles. The predicted molar refractivity (Wildman–Crippen MR) is 88.6 cm³/mol. The summed E-state index contributed by atoms with van der Waals surface area (Å²) >= 11 is 0. The van der Waals surface area contributed by atoms with Crippen LogP contribution in [0.3, 0.4) is 0 Å². The Kier molecular flexibility index (Phi) is 8.88. The van der Waals surface area contributed by atoms with Crippen LogP contribution in [-0.2, 0) is 4.79 Å². The van der Waals surface area contributed by atoms with Crippen molar-refractivity contribution in [3.8, 4) is 0 Å². The third kappa shape index (κ3) is 7.79. The molecule has 0 spiro atoms. The molecule has 1 unspecified atom stereocenters. The summed E-state index contributed by atoms with van der Waals surface area (Å²) in [4.78, 5) is 19.1. The summed E-state index contributed by atoms with van der Waals surface area (Å²) in [5.41, 5.74) is 0. The van der Waals surface area contributed by atoms with E-state index in [1.807, 2.05) is 0 Å². The summed E-state index contributed by atoms with van der Waals surface area (Å²) in [6, 6.07) is 0.0532. The fraction of sp³-hybridized carbons (Fsp3) is 0.938. The monoisotopic (exact) mass is 298 g/mol. The van der Waals surface area contributed by atoms with E-state index in [0.29, 0.717) is 5.91 Å². The number of nitrogens with one attached hydrogen (secondary N) is 1. The minimum atomic E-state index is 0.0532. The van der Waals surface area contributed by atoms with Crippen molar-refractivity contribution < 1.29 is 4.79 Å². The zero-order valence-electron chi connectivity index (χ0n) is 14.4. The highest BCUT2D eigenvalue weighted by atomic mass is 16.2. The molecule has 1 fully saturated rings. The van der Waals surface area contributed by atoms with Gasteiger partial charge in [0.1, 0.15) is 0 Å². The maximum atomic E-state index is 12.7. The molecule has 1 N–H and O–H groups in total. The van der Waals surface area contributed by atoms with Gasteiger partial charge in [-0.2, -0.15) is 0 Å². The van der Waals surface area contributed by atoms with E-state index in [1.54, 1.807) is 0 Å². The number of amides is 1. The minimum Gasteiger partial charge on any atom is -0.341 e. The Morgan fingerprint density at radius 3 is 1.95 bits per heavy atom. The molecule has 0 aromatic rings. The number of carbonyl (C=O) groups excluding carboxylic acids is 1. The van der Waals surface area contributed by atoms with Crippen molar-refractivity contribution in [2.45, 2.75) is 38.1 Å². The van der Waals surface area contributed by atoms with Crippen molar-refractivity contribution in [2.24, 2.45) is 0 Å². The van der Waals surface area contributed by atoms with Crippen molar-refractivity contribution >= 4 is 5.91 Å². The summed E-state index contributed by atoms with van der Waals surface area (Å²) < 4.78 is 0. The Bertz CT molecular complexity index is 274. The van der Waals surface area contributed by atoms with Gasteiger partial charge in [-0.25, -0.2) is 0 Å². The molecule has 0 bridgehead atoms. The van der Waals surface area contributed by atoms with Crippen LogP contribution in [0.15, 0.2) is 0 Å². The molecule has 1 aliphatic heterocycles. The first-order valence-corrected chi connectivity index (χ1v) is 8.32. The zero-order valence-corrected chi connectivity index (χ0v) is 14.4. The molecule has 0 aromatic carbocycles. The smallest absolute Gasteiger partial charge is 0.239 e. The number of piperidine rings is 1. The SMILES string of the molecule is CN(C)CCCN(CCCN(C)C)C(=O)C1CCCCN1. The van der Waals surface area contributed by atoms with Crippen LogP contribution < -0.4 is 5.32 Å². The van der Waals surface area contributed by atoms with Gasteiger partial charge in [0.2, 0.25) is 5.91 Å². The summed E-state index contributed by atoms with van der Waals surface area (Å²) in [5.74, 6) is 0.312. The Morgan fingerprint density at radius 1 is 0.952 bits per heavy atom. The first-order valence-electron chi connectivity index (χ1n) is 8.32. The molecule has 1 aliphatic rings. The van der Waals surface area contributed by atoms with Gasteiger partial charge in [-0.1, -0.05) is 6.42 Å². The highest BCUT2D eigenvalue weighted by Gasteiger charge is 2.25. The van der Waals surface area contributed by atoms with E-state index in [-0.39, 0.29) is 6.04 Å². The van der Waals surface area contributed by atoms with Crippen LogP contribution in [0.5, 0.6) is 0 Å².